The number of benzene rings is 1. The number of nitrogens with one attached hydrogen (secondary N) is 1. The van der Waals surface area contributed by atoms with Crippen LogP contribution in [-0.2, 0) is 24.3 Å². The molecule has 0 radical (unpaired) electrons. The van der Waals surface area contributed by atoms with Crippen molar-refractivity contribution >= 4 is 33.5 Å². The predicted molar refractivity (Wildman–Crippen MR) is 97.2 cm³/mol. The minimum atomic E-state index is -3.75. The van der Waals surface area contributed by atoms with E-state index < -0.39 is 16.0 Å². The van der Waals surface area contributed by atoms with Gasteiger partial charge < -0.3 is 9.64 Å². The van der Waals surface area contributed by atoms with Gasteiger partial charge in [-0.3, -0.25) is 9.59 Å². The lowest BCUT2D eigenvalue weighted by Crippen LogP contribution is -2.41. The fourth-order valence-electron chi connectivity index (χ4n) is 2.73. The standard InChI is InChI=1S/C17H23ClN2O5S/c1-13-4-3-9-20(11-13)16(21)12-25-17(22)7-8-19-26(23,24)15-6-2-5-14(18)10-15/h2,5-6,10,13,19H,3-4,7-9,11-12H2,1H3. The van der Waals surface area contributed by atoms with Crippen LogP contribution in [0.1, 0.15) is 26.2 Å². The number of halogens is 1. The van der Waals surface area contributed by atoms with Crippen molar-refractivity contribution in [3.63, 3.8) is 0 Å². The second-order valence-electron chi connectivity index (χ2n) is 6.35. The fourth-order valence-corrected chi connectivity index (χ4v) is 4.06. The molecule has 1 saturated heterocycles. The van der Waals surface area contributed by atoms with Crippen LogP contribution in [0.15, 0.2) is 29.2 Å². The van der Waals surface area contributed by atoms with Crippen molar-refractivity contribution in [1.82, 2.24) is 9.62 Å². The first kappa shape index (κ1) is 20.7. The van der Waals surface area contributed by atoms with Gasteiger partial charge in [0.05, 0.1) is 11.3 Å². The molecule has 1 unspecified atom stereocenters. The molecule has 0 spiro atoms. The van der Waals surface area contributed by atoms with E-state index in [1.165, 1.54) is 18.2 Å². The van der Waals surface area contributed by atoms with Crippen LogP contribution < -0.4 is 4.72 Å². The van der Waals surface area contributed by atoms with E-state index in [2.05, 4.69) is 11.6 Å². The number of likely N-dealkylation sites (tertiary alicyclic amines) is 1. The average molecular weight is 403 g/mol. The van der Waals surface area contributed by atoms with Gasteiger partial charge in [-0.1, -0.05) is 24.6 Å². The average Bonchev–Trinajstić information content (AvgIpc) is 2.59. The van der Waals surface area contributed by atoms with Crippen molar-refractivity contribution in [3.05, 3.63) is 29.3 Å². The molecule has 1 amide bonds. The summed E-state index contributed by atoms with van der Waals surface area (Å²) in [7, 11) is -3.75. The smallest absolute Gasteiger partial charge is 0.307 e. The molecule has 26 heavy (non-hydrogen) atoms. The van der Waals surface area contributed by atoms with Crippen LogP contribution >= 0.6 is 11.6 Å². The molecule has 144 valence electrons. The molecule has 1 heterocycles. The minimum absolute atomic E-state index is 0.0211. The highest BCUT2D eigenvalue weighted by Gasteiger charge is 2.22. The summed E-state index contributed by atoms with van der Waals surface area (Å²) in [4.78, 5) is 25.5. The number of hydrogen-bond acceptors (Lipinski definition) is 5. The number of ether oxygens (including phenoxy) is 1. The van der Waals surface area contributed by atoms with E-state index in [9.17, 15) is 18.0 Å². The Morgan fingerprint density at radius 2 is 2.15 bits per heavy atom. The third kappa shape index (κ3) is 6.26. The normalized spacial score (nSPS) is 17.8. The van der Waals surface area contributed by atoms with Gasteiger partial charge in [0, 0.05) is 24.7 Å². The summed E-state index contributed by atoms with van der Waals surface area (Å²) in [5.41, 5.74) is 0. The molecular formula is C17H23ClN2O5S. The van der Waals surface area contributed by atoms with Crippen molar-refractivity contribution in [1.29, 1.82) is 0 Å². The molecule has 0 saturated carbocycles. The summed E-state index contributed by atoms with van der Waals surface area (Å²) >= 11 is 5.78. The largest absolute Gasteiger partial charge is 0.456 e. The highest BCUT2D eigenvalue weighted by molar-refractivity contribution is 7.89. The monoisotopic (exact) mass is 402 g/mol. The number of piperidine rings is 1. The summed E-state index contributed by atoms with van der Waals surface area (Å²) in [6.07, 6.45) is 1.88. The van der Waals surface area contributed by atoms with Crippen LogP contribution in [0.2, 0.25) is 5.02 Å². The molecule has 1 aliphatic heterocycles. The van der Waals surface area contributed by atoms with Crippen molar-refractivity contribution in [3.8, 4) is 0 Å². The Balaban J connectivity index is 1.72. The van der Waals surface area contributed by atoms with Crippen LogP contribution in [0.25, 0.3) is 0 Å². The van der Waals surface area contributed by atoms with Gasteiger partial charge in [-0.2, -0.15) is 0 Å². The molecule has 0 aliphatic carbocycles. The van der Waals surface area contributed by atoms with Crippen molar-refractivity contribution in [2.75, 3.05) is 26.2 Å². The van der Waals surface area contributed by atoms with Gasteiger partial charge in [-0.05, 0) is 37.0 Å². The Bertz CT molecular complexity index is 753. The zero-order valence-corrected chi connectivity index (χ0v) is 16.2. The summed E-state index contributed by atoms with van der Waals surface area (Å²) < 4.78 is 31.4. The van der Waals surface area contributed by atoms with Crippen LogP contribution in [0.5, 0.6) is 0 Å². The van der Waals surface area contributed by atoms with E-state index in [-0.39, 0.29) is 30.4 Å². The molecule has 7 nitrogen and oxygen atoms in total. The van der Waals surface area contributed by atoms with Crippen molar-refractivity contribution < 1.29 is 22.7 Å². The van der Waals surface area contributed by atoms with E-state index in [1.54, 1.807) is 11.0 Å². The van der Waals surface area contributed by atoms with Crippen molar-refractivity contribution in [2.45, 2.75) is 31.1 Å². The van der Waals surface area contributed by atoms with Gasteiger partial charge in [0.1, 0.15) is 0 Å². The Kier molecular flexibility index (Phi) is 7.43. The van der Waals surface area contributed by atoms with Gasteiger partial charge in [0.25, 0.3) is 5.91 Å². The second-order valence-corrected chi connectivity index (χ2v) is 8.56. The van der Waals surface area contributed by atoms with Crippen LogP contribution in [0, 0.1) is 5.92 Å². The topological polar surface area (TPSA) is 92.8 Å². The molecule has 1 N–H and O–H groups in total. The summed E-state index contributed by atoms with van der Waals surface area (Å²) in [5.74, 6) is -0.397. The molecular weight excluding hydrogens is 380 g/mol. The Morgan fingerprint density at radius 3 is 2.85 bits per heavy atom. The molecule has 1 aromatic carbocycles. The number of carbonyl (C=O) groups is 2. The number of carbonyl (C=O) groups excluding carboxylic acids is 2. The van der Waals surface area contributed by atoms with Gasteiger partial charge in [0.15, 0.2) is 6.61 Å². The molecule has 1 aliphatic rings. The SMILES string of the molecule is CC1CCCN(C(=O)COC(=O)CCNS(=O)(=O)c2cccc(Cl)c2)C1. The Labute approximate surface area is 158 Å². The first-order chi connectivity index (χ1) is 12.3. The summed E-state index contributed by atoms with van der Waals surface area (Å²) in [6.45, 7) is 3.00. The molecule has 1 fully saturated rings. The number of rotatable bonds is 7. The van der Waals surface area contributed by atoms with Gasteiger partial charge in [-0.15, -0.1) is 0 Å². The van der Waals surface area contributed by atoms with E-state index >= 15 is 0 Å². The fraction of sp³-hybridized carbons (Fsp3) is 0.529. The van der Waals surface area contributed by atoms with Crippen LogP contribution in [-0.4, -0.2) is 51.4 Å². The maximum Gasteiger partial charge on any atom is 0.307 e. The zero-order valence-electron chi connectivity index (χ0n) is 14.6. The van der Waals surface area contributed by atoms with Crippen LogP contribution in [0.3, 0.4) is 0 Å². The van der Waals surface area contributed by atoms with Crippen molar-refractivity contribution in [2.24, 2.45) is 5.92 Å². The first-order valence-corrected chi connectivity index (χ1v) is 10.3. The van der Waals surface area contributed by atoms with Crippen LogP contribution in [0.4, 0.5) is 0 Å². The van der Waals surface area contributed by atoms with E-state index in [0.29, 0.717) is 24.0 Å². The van der Waals surface area contributed by atoms with Gasteiger partial charge in [0.2, 0.25) is 10.0 Å². The molecule has 1 aromatic rings. The number of sulfonamides is 1. The minimum Gasteiger partial charge on any atom is -0.456 e. The van der Waals surface area contributed by atoms with Gasteiger partial charge >= 0.3 is 5.97 Å². The van der Waals surface area contributed by atoms with E-state index in [0.717, 1.165) is 12.8 Å². The zero-order chi connectivity index (χ0) is 19.2. The quantitative estimate of drug-likeness (QED) is 0.702. The maximum absolute atomic E-state index is 12.1. The second kappa shape index (κ2) is 9.34. The number of amides is 1. The number of hydrogen-bond donors (Lipinski definition) is 1. The molecule has 0 aromatic heterocycles. The number of esters is 1. The molecule has 1 atom stereocenters. The van der Waals surface area contributed by atoms with E-state index in [4.69, 9.17) is 16.3 Å². The molecule has 0 bridgehead atoms. The first-order valence-electron chi connectivity index (χ1n) is 8.46. The number of nitrogens with zero attached hydrogens (tertiary/aromatic N) is 1. The highest BCUT2D eigenvalue weighted by atomic mass is 35.5. The summed E-state index contributed by atoms with van der Waals surface area (Å²) in [5, 5.41) is 0.304. The third-order valence-corrected chi connectivity index (χ3v) is 5.79. The lowest BCUT2D eigenvalue weighted by Gasteiger charge is -2.30. The molecule has 9 heteroatoms. The Morgan fingerprint density at radius 1 is 1.38 bits per heavy atom. The maximum atomic E-state index is 12.1. The molecule has 2 rings (SSSR count). The highest BCUT2D eigenvalue weighted by Crippen LogP contribution is 2.16. The van der Waals surface area contributed by atoms with Gasteiger partial charge in [-0.25, -0.2) is 13.1 Å². The predicted octanol–water partition coefficient (Wildman–Crippen LogP) is 1.81. The third-order valence-electron chi connectivity index (χ3n) is 4.09. The lowest BCUT2D eigenvalue weighted by atomic mass is 10.0. The summed E-state index contributed by atoms with van der Waals surface area (Å²) in [6, 6.07) is 5.82. The lowest BCUT2D eigenvalue weighted by molar-refractivity contribution is -0.152. The van der Waals surface area contributed by atoms with E-state index in [1.807, 2.05) is 0 Å². The Hall–Kier alpha value is -1.64.